The minimum absolute atomic E-state index is 0.0634. The Hall–Kier alpha value is 1.84. The minimum atomic E-state index is -4.47. The minimum Gasteiger partial charge on any atom is -0.303 e. The molecule has 0 saturated heterocycles. The summed E-state index contributed by atoms with van der Waals surface area (Å²) in [7, 11) is -4.47. The molecular weight excluding hydrogens is 478 g/mol. The van der Waals surface area contributed by atoms with Crippen LogP contribution in [-0.2, 0) is 9.09 Å². The van der Waals surface area contributed by atoms with Gasteiger partial charge in [0.2, 0.25) is 0 Å². The Morgan fingerprint density at radius 3 is 2.00 bits per heavy atom. The predicted octanol–water partition coefficient (Wildman–Crippen LogP) is 3.90. The van der Waals surface area contributed by atoms with Crippen LogP contribution in [0.3, 0.4) is 0 Å². The van der Waals surface area contributed by atoms with Crippen LogP contribution < -0.4 is 0 Å². The number of rotatable bonds is 9. The molecule has 4 nitrogen and oxygen atoms in total. The maximum Gasteiger partial charge on any atom is 0.469 e. The average Bonchev–Trinajstić information content (AvgIpc) is 2.29. The van der Waals surface area contributed by atoms with Crippen LogP contribution in [0.25, 0.3) is 0 Å². The summed E-state index contributed by atoms with van der Waals surface area (Å²) in [6.45, 7) is 1.63. The van der Waals surface area contributed by atoms with Crippen LogP contribution in [0, 0.1) is 11.3 Å². The second-order valence-electron chi connectivity index (χ2n) is 4.32. The second kappa shape index (κ2) is 8.98. The summed E-state index contributed by atoms with van der Waals surface area (Å²) in [4.78, 5) is 17.6. The van der Waals surface area contributed by atoms with Gasteiger partial charge in [-0.15, -0.1) is 11.6 Å². The Labute approximate surface area is 138 Å². The van der Waals surface area contributed by atoms with Crippen molar-refractivity contribution >= 4 is 67.2 Å². The van der Waals surface area contributed by atoms with Crippen molar-refractivity contribution in [3.8, 4) is 0 Å². The highest BCUT2D eigenvalue weighted by Crippen LogP contribution is 2.42. The van der Waals surface area contributed by atoms with Crippen LogP contribution in [0.5, 0.6) is 0 Å². The van der Waals surface area contributed by atoms with Crippen molar-refractivity contribution in [2.75, 3.05) is 21.9 Å². The first-order chi connectivity index (χ1) is 8.23. The van der Waals surface area contributed by atoms with E-state index in [1.165, 1.54) is 0 Å². The van der Waals surface area contributed by atoms with Crippen LogP contribution in [0.4, 0.5) is 0 Å². The van der Waals surface area contributed by atoms with Crippen molar-refractivity contribution < 1.29 is 18.9 Å². The van der Waals surface area contributed by atoms with E-state index in [4.69, 9.17) is 25.9 Å². The Bertz CT molecular complexity index is 277. The van der Waals surface area contributed by atoms with Crippen molar-refractivity contribution in [1.82, 2.24) is 0 Å². The highest BCUT2D eigenvalue weighted by atomic mass is 79.9. The lowest BCUT2D eigenvalue weighted by atomic mass is 9.83. The molecule has 2 atom stereocenters. The van der Waals surface area contributed by atoms with E-state index >= 15 is 0 Å². The normalized spacial score (nSPS) is 16.6. The lowest BCUT2D eigenvalue weighted by molar-refractivity contribution is 0.0925. The molecule has 0 aromatic heterocycles. The van der Waals surface area contributed by atoms with E-state index in [0.29, 0.717) is 6.42 Å². The van der Waals surface area contributed by atoms with Gasteiger partial charge in [0, 0.05) is 21.9 Å². The van der Waals surface area contributed by atoms with Gasteiger partial charge in [-0.2, -0.15) is 0 Å². The molecule has 0 aromatic rings. The summed E-state index contributed by atoms with van der Waals surface area (Å²) in [5, 5.41) is 2.27. The molecule has 18 heavy (non-hydrogen) atoms. The van der Waals surface area contributed by atoms with Crippen LogP contribution in [0.1, 0.15) is 13.3 Å². The van der Waals surface area contributed by atoms with Gasteiger partial charge in [0.05, 0.1) is 6.10 Å². The number of alkyl halides is 4. The van der Waals surface area contributed by atoms with E-state index in [1.807, 2.05) is 0 Å². The number of hydrogen-bond donors (Lipinski definition) is 2. The molecule has 0 radical (unpaired) electrons. The van der Waals surface area contributed by atoms with Gasteiger partial charge in [-0.05, 0) is 24.7 Å². The van der Waals surface area contributed by atoms with Crippen LogP contribution >= 0.6 is 67.2 Å². The second-order valence-corrected chi connectivity index (χ2v) is 7.50. The Morgan fingerprint density at radius 1 is 1.28 bits per heavy atom. The summed E-state index contributed by atoms with van der Waals surface area (Å²) in [6, 6.07) is 0. The van der Waals surface area contributed by atoms with Gasteiger partial charge in [-0.25, -0.2) is 4.57 Å². The monoisotopic (exact) mass is 492 g/mol. The SMILES string of the molecule is CC(OP(=O)(O)O)C(CCl)CC(CBr)(CBr)CBr. The third kappa shape index (κ3) is 7.02. The molecule has 0 bridgehead atoms. The van der Waals surface area contributed by atoms with E-state index < -0.39 is 13.9 Å². The molecule has 0 aliphatic carbocycles. The van der Waals surface area contributed by atoms with Gasteiger partial charge in [0.1, 0.15) is 0 Å². The fourth-order valence-corrected chi connectivity index (χ4v) is 5.91. The molecule has 0 aliphatic rings. The summed E-state index contributed by atoms with van der Waals surface area (Å²) in [5.74, 6) is 0.155. The number of phosphoric acid groups is 1. The Kier molecular flexibility index (Phi) is 9.90. The van der Waals surface area contributed by atoms with Gasteiger partial charge >= 0.3 is 7.82 Å². The molecule has 0 saturated carbocycles. The molecule has 0 amide bonds. The molecule has 0 spiro atoms. The van der Waals surface area contributed by atoms with Crippen molar-refractivity contribution in [3.63, 3.8) is 0 Å². The maximum atomic E-state index is 10.8. The molecule has 0 aromatic carbocycles. The first kappa shape index (κ1) is 19.8. The molecule has 2 unspecified atom stereocenters. The van der Waals surface area contributed by atoms with E-state index in [2.05, 4.69) is 47.8 Å². The zero-order chi connectivity index (χ0) is 14.4. The average molecular weight is 495 g/mol. The Morgan fingerprint density at radius 2 is 1.72 bits per heavy atom. The largest absolute Gasteiger partial charge is 0.469 e. The van der Waals surface area contributed by atoms with Crippen molar-refractivity contribution in [2.45, 2.75) is 19.4 Å². The van der Waals surface area contributed by atoms with Crippen LogP contribution in [0.15, 0.2) is 0 Å². The van der Waals surface area contributed by atoms with E-state index in [1.54, 1.807) is 6.92 Å². The highest BCUT2D eigenvalue weighted by molar-refractivity contribution is 9.10. The molecule has 110 valence electrons. The van der Waals surface area contributed by atoms with E-state index in [-0.39, 0.29) is 17.2 Å². The van der Waals surface area contributed by atoms with Gasteiger partial charge in [-0.3, -0.25) is 4.52 Å². The zero-order valence-corrected chi connectivity index (χ0v) is 16.3. The van der Waals surface area contributed by atoms with Crippen LogP contribution in [-0.4, -0.2) is 37.8 Å². The fraction of sp³-hybridized carbons (Fsp3) is 1.00. The topological polar surface area (TPSA) is 66.8 Å². The van der Waals surface area contributed by atoms with Crippen molar-refractivity contribution in [2.24, 2.45) is 11.3 Å². The third-order valence-electron chi connectivity index (χ3n) is 2.71. The maximum absolute atomic E-state index is 10.8. The van der Waals surface area contributed by atoms with E-state index in [9.17, 15) is 4.57 Å². The first-order valence-electron chi connectivity index (χ1n) is 5.21. The molecule has 0 rings (SSSR count). The van der Waals surface area contributed by atoms with Gasteiger partial charge in [-0.1, -0.05) is 47.8 Å². The van der Waals surface area contributed by atoms with Crippen LogP contribution in [0.2, 0.25) is 0 Å². The first-order valence-corrected chi connectivity index (χ1v) is 10.6. The third-order valence-corrected chi connectivity index (χ3v) is 7.28. The Balaban J connectivity index is 4.72. The molecule has 2 N–H and O–H groups in total. The van der Waals surface area contributed by atoms with E-state index in [0.717, 1.165) is 16.0 Å². The predicted molar refractivity (Wildman–Crippen MR) is 85.2 cm³/mol. The summed E-state index contributed by atoms with van der Waals surface area (Å²) < 4.78 is 15.5. The lowest BCUT2D eigenvalue weighted by Gasteiger charge is -2.33. The smallest absolute Gasteiger partial charge is 0.303 e. The number of phosphoric ester groups is 1. The van der Waals surface area contributed by atoms with Crippen molar-refractivity contribution in [1.29, 1.82) is 0 Å². The lowest BCUT2D eigenvalue weighted by Crippen LogP contribution is -2.34. The molecule has 0 aliphatic heterocycles. The molecular formula is C9H17Br3ClO4P. The van der Waals surface area contributed by atoms with Crippen molar-refractivity contribution in [3.05, 3.63) is 0 Å². The fourth-order valence-electron chi connectivity index (χ4n) is 1.48. The van der Waals surface area contributed by atoms with Gasteiger partial charge < -0.3 is 9.79 Å². The standard InChI is InChI=1S/C9H17Br3ClO4P/c1-7(17-18(14,15)16)8(3-13)2-9(4-10,5-11)6-12/h7-8H,2-6H2,1H3,(H2,14,15,16). The zero-order valence-electron chi connectivity index (χ0n) is 9.86. The molecule has 0 fully saturated rings. The quantitative estimate of drug-likeness (QED) is 0.376. The summed E-state index contributed by atoms with van der Waals surface area (Å²) >= 11 is 16.3. The highest BCUT2D eigenvalue weighted by Gasteiger charge is 2.34. The molecule has 9 heteroatoms. The number of hydrogen-bond acceptors (Lipinski definition) is 2. The summed E-state index contributed by atoms with van der Waals surface area (Å²) in [5.41, 5.74) is -0.0634. The van der Waals surface area contributed by atoms with Gasteiger partial charge in [0.25, 0.3) is 0 Å². The molecule has 0 heterocycles. The van der Waals surface area contributed by atoms with Gasteiger partial charge in [0.15, 0.2) is 0 Å². The number of halogens is 4. The summed E-state index contributed by atoms with van der Waals surface area (Å²) in [6.07, 6.45) is 0.0965.